The molecule has 0 unspecified atom stereocenters. The van der Waals surface area contributed by atoms with Crippen molar-refractivity contribution in [2.45, 2.75) is 6.92 Å². The van der Waals surface area contributed by atoms with Gasteiger partial charge in [-0.2, -0.15) is 0 Å². The molecular weight excluding hydrogens is 314 g/mol. The molecule has 0 aliphatic rings. The zero-order valence-electron chi connectivity index (χ0n) is 9.42. The summed E-state index contributed by atoms with van der Waals surface area (Å²) >= 11 is 4.64. The van der Waals surface area contributed by atoms with E-state index in [1.165, 1.54) is 11.3 Å². The fourth-order valence-electron chi connectivity index (χ4n) is 1.70. The predicted octanol–water partition coefficient (Wildman–Crippen LogP) is 2.91. The molecule has 0 aliphatic carbocycles. The molecule has 0 spiro atoms. The lowest BCUT2D eigenvalue weighted by Gasteiger charge is -2.04. The van der Waals surface area contributed by atoms with Gasteiger partial charge in [0, 0.05) is 11.9 Å². The van der Waals surface area contributed by atoms with E-state index < -0.39 is 0 Å². The summed E-state index contributed by atoms with van der Waals surface area (Å²) in [6.45, 7) is 1.91. The van der Waals surface area contributed by atoms with Gasteiger partial charge in [-0.1, -0.05) is 0 Å². The van der Waals surface area contributed by atoms with E-state index in [1.807, 2.05) is 25.1 Å². The van der Waals surface area contributed by atoms with Crippen molar-refractivity contribution in [1.29, 1.82) is 0 Å². The first-order chi connectivity index (χ1) is 8.65. The summed E-state index contributed by atoms with van der Waals surface area (Å²) in [5.41, 5.74) is 2.33. The molecule has 0 saturated carbocycles. The van der Waals surface area contributed by atoms with Crippen LogP contribution in [0.15, 0.2) is 39.3 Å². The zero-order chi connectivity index (χ0) is 12.7. The van der Waals surface area contributed by atoms with E-state index in [2.05, 4.69) is 25.9 Å². The van der Waals surface area contributed by atoms with Crippen molar-refractivity contribution in [2.24, 2.45) is 0 Å². The van der Waals surface area contributed by atoms with Crippen molar-refractivity contribution in [3.8, 4) is 5.69 Å². The molecule has 90 valence electrons. The van der Waals surface area contributed by atoms with Crippen molar-refractivity contribution >= 4 is 37.5 Å². The van der Waals surface area contributed by atoms with Gasteiger partial charge in [0.15, 0.2) is 3.92 Å². The number of fused-ring (bicyclic) bond motifs is 1. The van der Waals surface area contributed by atoms with Gasteiger partial charge in [0.25, 0.3) is 5.56 Å². The van der Waals surface area contributed by atoms with Crippen LogP contribution in [0.2, 0.25) is 0 Å². The fourth-order valence-corrected chi connectivity index (χ4v) is 3.09. The largest absolute Gasteiger partial charge is 0.281 e. The van der Waals surface area contributed by atoms with Gasteiger partial charge in [-0.3, -0.25) is 14.3 Å². The molecule has 3 aromatic rings. The highest BCUT2D eigenvalue weighted by atomic mass is 79.9. The van der Waals surface area contributed by atoms with E-state index in [-0.39, 0.29) is 5.56 Å². The molecule has 3 rings (SSSR count). The Balaban J connectivity index is 2.26. The van der Waals surface area contributed by atoms with Crippen LogP contribution in [-0.4, -0.2) is 14.5 Å². The summed E-state index contributed by atoms with van der Waals surface area (Å²) in [6.07, 6.45) is 3.42. The number of thiazole rings is 1. The average molecular weight is 322 g/mol. The van der Waals surface area contributed by atoms with Crippen molar-refractivity contribution in [3.63, 3.8) is 0 Å². The molecule has 18 heavy (non-hydrogen) atoms. The first kappa shape index (κ1) is 11.6. The number of rotatable bonds is 1. The van der Waals surface area contributed by atoms with Crippen molar-refractivity contribution in [3.05, 3.63) is 50.6 Å². The van der Waals surface area contributed by atoms with Gasteiger partial charge >= 0.3 is 0 Å². The first-order valence-corrected chi connectivity index (χ1v) is 6.87. The van der Waals surface area contributed by atoms with E-state index in [4.69, 9.17) is 0 Å². The summed E-state index contributed by atoms with van der Waals surface area (Å²) in [5.74, 6) is 0. The number of aryl methyl sites for hydroxylation is 1. The summed E-state index contributed by atoms with van der Waals surface area (Å²) in [4.78, 5) is 20.7. The lowest BCUT2D eigenvalue weighted by atomic mass is 10.3. The molecule has 0 N–H and O–H groups in total. The van der Waals surface area contributed by atoms with Crippen molar-refractivity contribution < 1.29 is 0 Å². The van der Waals surface area contributed by atoms with E-state index >= 15 is 0 Å². The van der Waals surface area contributed by atoms with Crippen molar-refractivity contribution in [2.75, 3.05) is 0 Å². The number of halogens is 1. The monoisotopic (exact) mass is 321 g/mol. The third kappa shape index (κ3) is 1.87. The van der Waals surface area contributed by atoms with Crippen LogP contribution in [0, 0.1) is 6.92 Å². The first-order valence-electron chi connectivity index (χ1n) is 5.26. The van der Waals surface area contributed by atoms with E-state index in [1.54, 1.807) is 17.0 Å². The highest BCUT2D eigenvalue weighted by molar-refractivity contribution is 9.11. The van der Waals surface area contributed by atoms with E-state index in [0.29, 0.717) is 10.2 Å². The molecule has 0 amide bonds. The Labute approximate surface area is 115 Å². The molecule has 0 aromatic carbocycles. The Hall–Kier alpha value is -1.53. The zero-order valence-corrected chi connectivity index (χ0v) is 11.8. The lowest BCUT2D eigenvalue weighted by Crippen LogP contribution is -2.16. The van der Waals surface area contributed by atoms with Gasteiger partial charge in [0.1, 0.15) is 4.70 Å². The fraction of sp³-hybridized carbons (Fsp3) is 0.0833. The third-order valence-corrected chi connectivity index (χ3v) is 4.11. The van der Waals surface area contributed by atoms with Crippen LogP contribution in [0.1, 0.15) is 5.69 Å². The maximum absolute atomic E-state index is 12.3. The van der Waals surface area contributed by atoms with Crippen LogP contribution in [0.25, 0.3) is 15.9 Å². The molecule has 0 radical (unpaired) electrons. The Bertz CT molecular complexity index is 776. The Kier molecular flexibility index (Phi) is 2.76. The average Bonchev–Trinajstić information content (AvgIpc) is 2.73. The maximum atomic E-state index is 12.3. The molecule has 0 bridgehead atoms. The number of hydrogen-bond donors (Lipinski definition) is 0. The summed E-state index contributed by atoms with van der Waals surface area (Å²) in [6, 6.07) is 5.60. The molecular formula is C12H8BrN3OS. The van der Waals surface area contributed by atoms with Gasteiger partial charge < -0.3 is 0 Å². The molecule has 3 heterocycles. The topological polar surface area (TPSA) is 47.8 Å². The van der Waals surface area contributed by atoms with Gasteiger partial charge in [-0.15, -0.1) is 11.3 Å². The van der Waals surface area contributed by atoms with Crippen LogP contribution >= 0.6 is 27.3 Å². The smallest absolute Gasteiger partial charge is 0.274 e. The Morgan fingerprint density at radius 2 is 2.17 bits per heavy atom. The Morgan fingerprint density at radius 1 is 1.33 bits per heavy atom. The number of hydrogen-bond acceptors (Lipinski definition) is 4. The molecule has 0 saturated heterocycles. The second-order valence-electron chi connectivity index (χ2n) is 3.83. The third-order valence-electron chi connectivity index (χ3n) is 2.60. The van der Waals surface area contributed by atoms with Crippen molar-refractivity contribution in [1.82, 2.24) is 14.5 Å². The predicted molar refractivity (Wildman–Crippen MR) is 75.4 cm³/mol. The molecule has 4 nitrogen and oxygen atoms in total. The van der Waals surface area contributed by atoms with Crippen LogP contribution in [0.3, 0.4) is 0 Å². The van der Waals surface area contributed by atoms with Gasteiger partial charge in [-0.05, 0) is 41.1 Å². The minimum Gasteiger partial charge on any atom is -0.281 e. The second-order valence-corrected chi connectivity index (χ2v) is 6.10. The van der Waals surface area contributed by atoms with Crippen LogP contribution < -0.4 is 5.56 Å². The normalized spacial score (nSPS) is 11.0. The summed E-state index contributed by atoms with van der Waals surface area (Å²) in [5, 5.41) is 0. The molecule has 0 atom stereocenters. The van der Waals surface area contributed by atoms with Crippen LogP contribution in [0.5, 0.6) is 0 Å². The molecule has 6 heteroatoms. The van der Waals surface area contributed by atoms with Gasteiger partial charge in [-0.25, -0.2) is 4.98 Å². The highest BCUT2D eigenvalue weighted by Gasteiger charge is 2.09. The van der Waals surface area contributed by atoms with Gasteiger partial charge in [0.05, 0.1) is 17.4 Å². The lowest BCUT2D eigenvalue weighted by molar-refractivity contribution is 0.989. The SMILES string of the molecule is Cc1ccc(-n2ccc3nc(Br)sc3c2=O)cn1. The summed E-state index contributed by atoms with van der Waals surface area (Å²) < 4.78 is 2.94. The van der Waals surface area contributed by atoms with E-state index in [9.17, 15) is 4.79 Å². The minimum atomic E-state index is -0.0682. The van der Waals surface area contributed by atoms with Crippen LogP contribution in [-0.2, 0) is 0 Å². The summed E-state index contributed by atoms with van der Waals surface area (Å²) in [7, 11) is 0. The number of pyridine rings is 2. The molecule has 3 aromatic heterocycles. The van der Waals surface area contributed by atoms with Gasteiger partial charge in [0.2, 0.25) is 0 Å². The number of aromatic nitrogens is 3. The van der Waals surface area contributed by atoms with E-state index in [0.717, 1.165) is 15.3 Å². The standard InChI is InChI=1S/C12H8BrN3OS/c1-7-2-3-8(6-14-7)16-5-4-9-10(11(16)17)18-12(13)15-9/h2-6H,1H3. The minimum absolute atomic E-state index is 0.0682. The molecule has 0 aliphatic heterocycles. The maximum Gasteiger partial charge on any atom is 0.274 e. The number of nitrogens with zero attached hydrogens (tertiary/aromatic N) is 3. The molecule has 0 fully saturated rings. The highest BCUT2D eigenvalue weighted by Crippen LogP contribution is 2.23. The Morgan fingerprint density at radius 3 is 2.89 bits per heavy atom. The van der Waals surface area contributed by atoms with Crippen LogP contribution in [0.4, 0.5) is 0 Å². The quantitative estimate of drug-likeness (QED) is 0.692. The second kappa shape index (κ2) is 4.29.